The van der Waals surface area contributed by atoms with Gasteiger partial charge in [0.2, 0.25) is 0 Å². The molecule has 9 nitrogen and oxygen atoms in total. The molecule has 5 atom stereocenters. The summed E-state index contributed by atoms with van der Waals surface area (Å²) in [6, 6.07) is 0. The number of carbonyl (C=O) groups is 1. The molecule has 0 aliphatic carbocycles. The van der Waals surface area contributed by atoms with E-state index in [0.29, 0.717) is 19.8 Å². The average molecular weight is 411 g/mol. The van der Waals surface area contributed by atoms with Gasteiger partial charge in [0.15, 0.2) is 0 Å². The van der Waals surface area contributed by atoms with Crippen molar-refractivity contribution in [1.82, 2.24) is 0 Å². The van der Waals surface area contributed by atoms with E-state index >= 15 is 0 Å². The summed E-state index contributed by atoms with van der Waals surface area (Å²) < 4.78 is 27.0. The molecule has 0 spiro atoms. The van der Waals surface area contributed by atoms with E-state index in [9.17, 15) is 9.90 Å². The van der Waals surface area contributed by atoms with Gasteiger partial charge in [0, 0.05) is 13.2 Å². The first-order valence-corrected chi connectivity index (χ1v) is 9.25. The molecule has 0 bridgehead atoms. The second kappa shape index (κ2) is 19.3. The maximum atomic E-state index is 9.49. The largest absolute Gasteiger partial charge is 0.478 e. The fourth-order valence-corrected chi connectivity index (χ4v) is 1.61. The van der Waals surface area contributed by atoms with Crippen molar-refractivity contribution in [3.8, 4) is 0 Å². The second-order valence-electron chi connectivity index (χ2n) is 6.41. The van der Waals surface area contributed by atoms with Crippen LogP contribution in [0.4, 0.5) is 0 Å². The summed E-state index contributed by atoms with van der Waals surface area (Å²) in [6.07, 6.45) is -0.211. The van der Waals surface area contributed by atoms with E-state index in [4.69, 9.17) is 33.9 Å². The Bertz CT molecular complexity index is 378. The Morgan fingerprint density at radius 3 is 1.54 bits per heavy atom. The lowest BCUT2D eigenvalue weighted by Crippen LogP contribution is -2.29. The van der Waals surface area contributed by atoms with Gasteiger partial charge in [-0.3, -0.25) is 0 Å². The zero-order chi connectivity index (χ0) is 21.9. The Labute approximate surface area is 168 Å². The van der Waals surface area contributed by atoms with Gasteiger partial charge in [0.05, 0.1) is 64.1 Å². The third-order valence-corrected chi connectivity index (χ3v) is 3.21. The SMILES string of the molecule is C=CC(=O)O.COCC(O)COC(C)COC(C)COC(C)COC(C)CO. The molecule has 0 aliphatic heterocycles. The van der Waals surface area contributed by atoms with Crippen LogP contribution in [-0.2, 0) is 28.5 Å². The summed E-state index contributed by atoms with van der Waals surface area (Å²) in [7, 11) is 1.54. The van der Waals surface area contributed by atoms with E-state index in [2.05, 4.69) is 6.58 Å². The normalized spacial score (nSPS) is 16.2. The van der Waals surface area contributed by atoms with Crippen LogP contribution in [0.15, 0.2) is 12.7 Å². The molecular weight excluding hydrogens is 372 g/mol. The number of aliphatic hydroxyl groups is 2. The lowest BCUT2D eigenvalue weighted by molar-refractivity contribution is -0.131. The van der Waals surface area contributed by atoms with Crippen molar-refractivity contribution in [2.75, 3.05) is 46.8 Å². The molecular formula is C19H38O9. The van der Waals surface area contributed by atoms with Gasteiger partial charge in [-0.1, -0.05) is 6.58 Å². The van der Waals surface area contributed by atoms with Crippen molar-refractivity contribution >= 4 is 5.97 Å². The molecule has 0 amide bonds. The van der Waals surface area contributed by atoms with Gasteiger partial charge in [-0.15, -0.1) is 0 Å². The summed E-state index contributed by atoms with van der Waals surface area (Å²) in [5, 5.41) is 26.0. The first-order valence-electron chi connectivity index (χ1n) is 9.25. The molecule has 0 saturated carbocycles. The molecule has 0 rings (SSSR count). The van der Waals surface area contributed by atoms with Crippen molar-refractivity contribution in [2.45, 2.75) is 58.2 Å². The van der Waals surface area contributed by atoms with Crippen molar-refractivity contribution in [2.24, 2.45) is 0 Å². The molecule has 0 fully saturated rings. The fourth-order valence-electron chi connectivity index (χ4n) is 1.61. The number of aliphatic carboxylic acids is 1. The highest BCUT2D eigenvalue weighted by Gasteiger charge is 2.12. The Hall–Kier alpha value is -1.07. The molecule has 0 radical (unpaired) electrons. The number of methoxy groups -OCH3 is 1. The third kappa shape index (κ3) is 21.2. The standard InChI is InChI=1S/C16H34O7.C3H4O2/c1-12(6-17)20-7-13(2)21-8-14(3)22-9-15(4)23-11-16(18)10-19-5;1-2-3(4)5/h12-18H,6-11H2,1-5H3;2H,1H2,(H,4,5). The minimum atomic E-state index is -0.981. The quantitative estimate of drug-likeness (QED) is 0.318. The fraction of sp³-hybridized carbons (Fsp3) is 0.842. The highest BCUT2D eigenvalue weighted by atomic mass is 16.6. The predicted octanol–water partition coefficient (Wildman–Crippen LogP) is 0.863. The van der Waals surface area contributed by atoms with Gasteiger partial charge in [0.1, 0.15) is 6.10 Å². The summed E-state index contributed by atoms with van der Waals surface area (Å²) in [5.41, 5.74) is 0. The van der Waals surface area contributed by atoms with Crippen molar-refractivity contribution in [3.63, 3.8) is 0 Å². The summed E-state index contributed by atoms with van der Waals surface area (Å²) >= 11 is 0. The number of hydrogen-bond acceptors (Lipinski definition) is 8. The zero-order valence-corrected chi connectivity index (χ0v) is 17.7. The smallest absolute Gasteiger partial charge is 0.327 e. The van der Waals surface area contributed by atoms with Crippen LogP contribution in [0, 0.1) is 0 Å². The van der Waals surface area contributed by atoms with Crippen LogP contribution in [0.1, 0.15) is 27.7 Å². The Morgan fingerprint density at radius 2 is 1.21 bits per heavy atom. The average Bonchev–Trinajstić information content (AvgIpc) is 2.67. The molecule has 0 aromatic carbocycles. The zero-order valence-electron chi connectivity index (χ0n) is 17.7. The number of carboxylic acid groups (broad SMARTS) is 1. The minimum absolute atomic E-state index is 0.00318. The molecule has 28 heavy (non-hydrogen) atoms. The van der Waals surface area contributed by atoms with Crippen LogP contribution in [0.25, 0.3) is 0 Å². The second-order valence-corrected chi connectivity index (χ2v) is 6.41. The first-order chi connectivity index (χ1) is 13.2. The maximum absolute atomic E-state index is 9.49. The highest BCUT2D eigenvalue weighted by Crippen LogP contribution is 2.02. The van der Waals surface area contributed by atoms with Crippen LogP contribution in [0.2, 0.25) is 0 Å². The number of aliphatic hydroxyl groups excluding tert-OH is 2. The molecule has 3 N–H and O–H groups in total. The lowest BCUT2D eigenvalue weighted by atomic mass is 10.3. The van der Waals surface area contributed by atoms with Gasteiger partial charge in [-0.2, -0.15) is 0 Å². The van der Waals surface area contributed by atoms with Gasteiger partial charge >= 0.3 is 5.97 Å². The summed E-state index contributed by atoms with van der Waals surface area (Å²) in [4.78, 5) is 9.25. The Balaban J connectivity index is 0. The monoisotopic (exact) mass is 410 g/mol. The number of ether oxygens (including phenoxy) is 5. The van der Waals surface area contributed by atoms with Crippen LogP contribution in [0.3, 0.4) is 0 Å². The molecule has 9 heteroatoms. The van der Waals surface area contributed by atoms with Crippen LogP contribution in [-0.4, -0.2) is 98.6 Å². The molecule has 0 saturated heterocycles. The van der Waals surface area contributed by atoms with E-state index in [1.54, 1.807) is 0 Å². The van der Waals surface area contributed by atoms with Crippen LogP contribution in [0.5, 0.6) is 0 Å². The number of rotatable bonds is 16. The van der Waals surface area contributed by atoms with E-state index in [0.717, 1.165) is 6.08 Å². The maximum Gasteiger partial charge on any atom is 0.327 e. The minimum Gasteiger partial charge on any atom is -0.478 e. The van der Waals surface area contributed by atoms with E-state index in [1.807, 2.05) is 27.7 Å². The summed E-state index contributed by atoms with van der Waals surface area (Å²) in [6.45, 7) is 12.3. The van der Waals surface area contributed by atoms with Gasteiger partial charge in [-0.05, 0) is 27.7 Å². The Kier molecular flexibility index (Phi) is 20.0. The predicted molar refractivity (Wildman–Crippen MR) is 104 cm³/mol. The molecule has 5 unspecified atom stereocenters. The van der Waals surface area contributed by atoms with E-state index in [-0.39, 0.29) is 44.2 Å². The van der Waals surface area contributed by atoms with Crippen molar-refractivity contribution < 1.29 is 43.8 Å². The van der Waals surface area contributed by atoms with Crippen molar-refractivity contribution in [3.05, 3.63) is 12.7 Å². The molecule has 168 valence electrons. The van der Waals surface area contributed by atoms with Crippen LogP contribution < -0.4 is 0 Å². The molecule has 0 aromatic heterocycles. The van der Waals surface area contributed by atoms with Gasteiger partial charge in [-0.25, -0.2) is 4.79 Å². The topological polar surface area (TPSA) is 124 Å². The highest BCUT2D eigenvalue weighted by molar-refractivity contribution is 5.78. The Morgan fingerprint density at radius 1 is 0.857 bits per heavy atom. The molecule has 0 aromatic rings. The van der Waals surface area contributed by atoms with E-state index in [1.165, 1.54) is 7.11 Å². The number of carboxylic acids is 1. The third-order valence-electron chi connectivity index (χ3n) is 3.21. The van der Waals surface area contributed by atoms with Gasteiger partial charge < -0.3 is 39.0 Å². The molecule has 0 aliphatic rings. The first kappa shape index (κ1) is 29.1. The van der Waals surface area contributed by atoms with Gasteiger partial charge in [0.25, 0.3) is 0 Å². The van der Waals surface area contributed by atoms with Crippen molar-refractivity contribution in [1.29, 1.82) is 0 Å². The molecule has 0 heterocycles. The summed E-state index contributed by atoms with van der Waals surface area (Å²) in [5.74, 6) is -0.981. The van der Waals surface area contributed by atoms with Crippen LogP contribution >= 0.6 is 0 Å². The van der Waals surface area contributed by atoms with E-state index < -0.39 is 12.1 Å². The number of hydrogen-bond donors (Lipinski definition) is 3. The lowest BCUT2D eigenvalue weighted by Gasteiger charge is -2.21.